The second-order valence-electron chi connectivity index (χ2n) is 7.24. The number of aromatic nitrogens is 1. The third kappa shape index (κ3) is 3.68. The SMILES string of the molecule is CCN1CCN(c2cccc(NC(=O)c3cc4c(F)ccc(C)c4[nH]3)c2)CC1=O. The molecule has 0 saturated carbocycles. The summed E-state index contributed by atoms with van der Waals surface area (Å²) in [5, 5.41) is 3.25. The maximum absolute atomic E-state index is 14.0. The van der Waals surface area contributed by atoms with Crippen LogP contribution in [0, 0.1) is 12.7 Å². The molecule has 150 valence electrons. The van der Waals surface area contributed by atoms with Gasteiger partial charge in [-0.2, -0.15) is 0 Å². The second kappa shape index (κ2) is 7.58. The number of halogens is 1. The predicted molar refractivity (Wildman–Crippen MR) is 112 cm³/mol. The number of anilines is 2. The van der Waals surface area contributed by atoms with Crippen molar-refractivity contribution in [1.82, 2.24) is 9.88 Å². The third-order valence-electron chi connectivity index (χ3n) is 5.36. The molecule has 1 saturated heterocycles. The summed E-state index contributed by atoms with van der Waals surface area (Å²) < 4.78 is 14.0. The van der Waals surface area contributed by atoms with E-state index in [1.54, 1.807) is 12.1 Å². The number of aryl methyl sites for hydroxylation is 1. The minimum absolute atomic E-state index is 0.101. The topological polar surface area (TPSA) is 68.4 Å². The Morgan fingerprint density at radius 3 is 2.76 bits per heavy atom. The van der Waals surface area contributed by atoms with Crippen LogP contribution in [0.15, 0.2) is 42.5 Å². The molecule has 2 N–H and O–H groups in total. The highest BCUT2D eigenvalue weighted by Gasteiger charge is 2.23. The summed E-state index contributed by atoms with van der Waals surface area (Å²) >= 11 is 0. The number of carbonyl (C=O) groups excluding carboxylic acids is 2. The van der Waals surface area contributed by atoms with Crippen molar-refractivity contribution >= 4 is 34.1 Å². The maximum Gasteiger partial charge on any atom is 0.272 e. The Bertz CT molecular complexity index is 1050. The van der Waals surface area contributed by atoms with E-state index in [1.807, 2.05) is 41.8 Å². The van der Waals surface area contributed by atoms with E-state index in [-0.39, 0.29) is 17.6 Å². The lowest BCUT2D eigenvalue weighted by Gasteiger charge is -2.35. The molecule has 1 aliphatic rings. The van der Waals surface area contributed by atoms with Crippen LogP contribution in [0.5, 0.6) is 0 Å². The summed E-state index contributed by atoms with van der Waals surface area (Å²) in [7, 11) is 0. The molecule has 1 aliphatic heterocycles. The molecule has 0 unspecified atom stereocenters. The fraction of sp³-hybridized carbons (Fsp3) is 0.273. The van der Waals surface area contributed by atoms with Crippen LogP contribution in [-0.4, -0.2) is 47.9 Å². The Hall–Kier alpha value is -3.35. The number of nitrogens with zero attached hydrogens (tertiary/aromatic N) is 2. The van der Waals surface area contributed by atoms with Crippen molar-refractivity contribution in [2.75, 3.05) is 36.4 Å². The highest BCUT2D eigenvalue weighted by molar-refractivity contribution is 6.06. The van der Waals surface area contributed by atoms with Crippen LogP contribution >= 0.6 is 0 Å². The summed E-state index contributed by atoms with van der Waals surface area (Å²) in [6.45, 7) is 6.31. The lowest BCUT2D eigenvalue weighted by atomic mass is 10.1. The van der Waals surface area contributed by atoms with E-state index in [0.717, 1.165) is 17.8 Å². The molecule has 0 atom stereocenters. The van der Waals surface area contributed by atoms with E-state index in [9.17, 15) is 14.0 Å². The van der Waals surface area contributed by atoms with Gasteiger partial charge in [-0.25, -0.2) is 4.39 Å². The number of fused-ring (bicyclic) bond motifs is 1. The number of benzene rings is 2. The highest BCUT2D eigenvalue weighted by Crippen LogP contribution is 2.24. The van der Waals surface area contributed by atoms with E-state index in [2.05, 4.69) is 10.3 Å². The molecule has 0 bridgehead atoms. The first kappa shape index (κ1) is 19.0. The van der Waals surface area contributed by atoms with Gasteiger partial charge in [-0.15, -0.1) is 0 Å². The molecule has 0 spiro atoms. The zero-order valence-corrected chi connectivity index (χ0v) is 16.5. The van der Waals surface area contributed by atoms with E-state index in [4.69, 9.17) is 0 Å². The Morgan fingerprint density at radius 1 is 1.21 bits per heavy atom. The number of aromatic amines is 1. The molecule has 2 aromatic carbocycles. The van der Waals surface area contributed by atoms with Gasteiger partial charge in [0.05, 0.1) is 12.1 Å². The summed E-state index contributed by atoms with van der Waals surface area (Å²) in [6.07, 6.45) is 0. The van der Waals surface area contributed by atoms with Gasteiger partial charge in [-0.3, -0.25) is 9.59 Å². The Morgan fingerprint density at radius 2 is 2.03 bits per heavy atom. The van der Waals surface area contributed by atoms with Crippen LogP contribution in [0.1, 0.15) is 23.0 Å². The average molecular weight is 394 g/mol. The monoisotopic (exact) mass is 394 g/mol. The summed E-state index contributed by atoms with van der Waals surface area (Å²) in [6, 6.07) is 12.0. The number of hydrogen-bond donors (Lipinski definition) is 2. The van der Waals surface area contributed by atoms with E-state index in [0.29, 0.717) is 41.9 Å². The Kier molecular flexibility index (Phi) is 4.96. The molecule has 29 heavy (non-hydrogen) atoms. The molecule has 3 aromatic rings. The van der Waals surface area contributed by atoms with E-state index in [1.165, 1.54) is 12.1 Å². The standard InChI is InChI=1S/C22H23FN4O2/c1-3-26-9-10-27(13-20(26)28)16-6-4-5-15(11-16)24-22(29)19-12-17-18(23)8-7-14(2)21(17)25-19/h4-8,11-12,25H,3,9-10,13H2,1-2H3,(H,24,29). The quantitative estimate of drug-likeness (QED) is 0.711. The fourth-order valence-electron chi connectivity index (χ4n) is 3.69. The summed E-state index contributed by atoms with van der Waals surface area (Å²) in [4.78, 5) is 31.7. The van der Waals surface area contributed by atoms with E-state index < -0.39 is 0 Å². The number of amides is 2. The van der Waals surface area contributed by atoms with Crippen molar-refractivity contribution in [3.8, 4) is 0 Å². The van der Waals surface area contributed by atoms with Crippen LogP contribution in [0.4, 0.5) is 15.8 Å². The van der Waals surface area contributed by atoms with Gasteiger partial charge >= 0.3 is 0 Å². The number of H-pyrrole nitrogens is 1. The van der Waals surface area contributed by atoms with Gasteiger partial charge in [0.2, 0.25) is 5.91 Å². The van der Waals surface area contributed by atoms with Crippen LogP contribution in [0.25, 0.3) is 10.9 Å². The zero-order chi connectivity index (χ0) is 20.5. The van der Waals surface area contributed by atoms with Gasteiger partial charge in [0.15, 0.2) is 0 Å². The molecule has 6 nitrogen and oxygen atoms in total. The number of rotatable bonds is 4. The molecular weight excluding hydrogens is 371 g/mol. The normalized spacial score (nSPS) is 14.5. The Balaban J connectivity index is 1.52. The van der Waals surface area contributed by atoms with Crippen molar-refractivity contribution in [1.29, 1.82) is 0 Å². The molecule has 2 heterocycles. The van der Waals surface area contributed by atoms with Crippen molar-refractivity contribution < 1.29 is 14.0 Å². The van der Waals surface area contributed by atoms with Gasteiger partial charge in [0.25, 0.3) is 5.91 Å². The number of piperazine rings is 1. The van der Waals surface area contributed by atoms with E-state index >= 15 is 0 Å². The highest BCUT2D eigenvalue weighted by atomic mass is 19.1. The van der Waals surface area contributed by atoms with Gasteiger partial charge in [0, 0.05) is 36.4 Å². The Labute approximate surface area is 168 Å². The van der Waals surface area contributed by atoms with Gasteiger partial charge in [-0.1, -0.05) is 12.1 Å². The van der Waals surface area contributed by atoms with Crippen LogP contribution < -0.4 is 10.2 Å². The van der Waals surface area contributed by atoms with Crippen LogP contribution in [0.2, 0.25) is 0 Å². The first-order valence-corrected chi connectivity index (χ1v) is 9.68. The first-order chi connectivity index (χ1) is 14.0. The molecule has 1 aromatic heterocycles. The lowest BCUT2D eigenvalue weighted by molar-refractivity contribution is -0.130. The summed E-state index contributed by atoms with van der Waals surface area (Å²) in [5.41, 5.74) is 3.29. The molecule has 4 rings (SSSR count). The number of nitrogens with one attached hydrogen (secondary N) is 2. The molecular formula is C22H23FN4O2. The molecule has 7 heteroatoms. The number of likely N-dealkylation sites (N-methyl/N-ethyl adjacent to an activating group) is 1. The molecule has 0 radical (unpaired) electrons. The van der Waals surface area contributed by atoms with Crippen molar-refractivity contribution in [2.45, 2.75) is 13.8 Å². The summed E-state index contributed by atoms with van der Waals surface area (Å²) in [5.74, 6) is -0.605. The van der Waals surface area contributed by atoms with Crippen molar-refractivity contribution in [3.63, 3.8) is 0 Å². The molecule has 0 aliphatic carbocycles. The predicted octanol–water partition coefficient (Wildman–Crippen LogP) is 3.54. The van der Waals surface area contributed by atoms with Gasteiger partial charge in [0.1, 0.15) is 11.5 Å². The molecule has 1 fully saturated rings. The van der Waals surface area contributed by atoms with Crippen molar-refractivity contribution in [2.24, 2.45) is 0 Å². The van der Waals surface area contributed by atoms with Gasteiger partial charge in [-0.05, 0) is 49.7 Å². The lowest BCUT2D eigenvalue weighted by Crippen LogP contribution is -2.50. The fourth-order valence-corrected chi connectivity index (χ4v) is 3.69. The molecule has 2 amide bonds. The van der Waals surface area contributed by atoms with Crippen molar-refractivity contribution in [3.05, 3.63) is 59.5 Å². The van der Waals surface area contributed by atoms with Crippen LogP contribution in [-0.2, 0) is 4.79 Å². The zero-order valence-electron chi connectivity index (χ0n) is 16.5. The smallest absolute Gasteiger partial charge is 0.272 e. The number of carbonyl (C=O) groups is 2. The largest absolute Gasteiger partial charge is 0.360 e. The third-order valence-corrected chi connectivity index (χ3v) is 5.36. The van der Waals surface area contributed by atoms with Crippen LogP contribution in [0.3, 0.4) is 0 Å². The first-order valence-electron chi connectivity index (χ1n) is 9.68. The second-order valence-corrected chi connectivity index (χ2v) is 7.24. The number of hydrogen-bond acceptors (Lipinski definition) is 3. The minimum Gasteiger partial charge on any atom is -0.360 e. The maximum atomic E-state index is 14.0. The average Bonchev–Trinajstić information content (AvgIpc) is 3.18. The minimum atomic E-state index is -0.362. The van der Waals surface area contributed by atoms with Gasteiger partial charge < -0.3 is 20.1 Å².